The molecule has 1 N–H and O–H groups in total. The van der Waals surface area contributed by atoms with Crippen LogP contribution in [0.25, 0.3) is 0 Å². The topological polar surface area (TPSA) is 66.5 Å². The SMILES string of the molecule is CS(=O)(=O)C[C@H]1CCN(C(=O)N[C@@H]2CCSc3ccc(F)cc32)C1. The van der Waals surface area contributed by atoms with Gasteiger partial charge in [-0.1, -0.05) is 0 Å². The Morgan fingerprint density at radius 1 is 1.42 bits per heavy atom. The van der Waals surface area contributed by atoms with Crippen LogP contribution >= 0.6 is 11.8 Å². The molecule has 0 aliphatic carbocycles. The third kappa shape index (κ3) is 4.22. The zero-order chi connectivity index (χ0) is 17.3. The molecule has 5 nitrogen and oxygen atoms in total. The van der Waals surface area contributed by atoms with Crippen molar-refractivity contribution in [2.75, 3.05) is 30.9 Å². The van der Waals surface area contributed by atoms with E-state index in [1.54, 1.807) is 22.7 Å². The average molecular weight is 372 g/mol. The van der Waals surface area contributed by atoms with Gasteiger partial charge in [-0.05, 0) is 42.5 Å². The maximum Gasteiger partial charge on any atom is 0.317 e. The molecule has 0 aromatic heterocycles. The van der Waals surface area contributed by atoms with Crippen LogP contribution in [0.2, 0.25) is 0 Å². The molecule has 2 amide bonds. The lowest BCUT2D eigenvalue weighted by Crippen LogP contribution is -2.41. The first kappa shape index (κ1) is 17.5. The summed E-state index contributed by atoms with van der Waals surface area (Å²) in [6.45, 7) is 1.01. The number of thioether (sulfide) groups is 1. The van der Waals surface area contributed by atoms with Gasteiger partial charge in [0.25, 0.3) is 0 Å². The Kier molecular flexibility index (Phi) is 5.05. The lowest BCUT2D eigenvalue weighted by molar-refractivity contribution is 0.202. The van der Waals surface area contributed by atoms with Crippen LogP contribution in [-0.2, 0) is 9.84 Å². The van der Waals surface area contributed by atoms with Crippen molar-refractivity contribution in [3.63, 3.8) is 0 Å². The first-order chi connectivity index (χ1) is 11.3. The van der Waals surface area contributed by atoms with E-state index in [-0.39, 0.29) is 29.6 Å². The van der Waals surface area contributed by atoms with Crippen molar-refractivity contribution < 1.29 is 17.6 Å². The number of sulfone groups is 1. The number of fused-ring (bicyclic) bond motifs is 1. The van der Waals surface area contributed by atoms with E-state index in [0.717, 1.165) is 22.6 Å². The summed E-state index contributed by atoms with van der Waals surface area (Å²) in [5.41, 5.74) is 0.825. The van der Waals surface area contributed by atoms with E-state index in [4.69, 9.17) is 0 Å². The number of likely N-dealkylation sites (tertiary alicyclic amines) is 1. The minimum atomic E-state index is -3.03. The molecular weight excluding hydrogens is 351 g/mol. The van der Waals surface area contributed by atoms with E-state index in [0.29, 0.717) is 19.5 Å². The van der Waals surface area contributed by atoms with Crippen LogP contribution in [0.5, 0.6) is 0 Å². The molecule has 1 aromatic rings. The van der Waals surface area contributed by atoms with Crippen LogP contribution in [0.3, 0.4) is 0 Å². The van der Waals surface area contributed by atoms with Crippen molar-refractivity contribution in [1.82, 2.24) is 10.2 Å². The highest BCUT2D eigenvalue weighted by molar-refractivity contribution is 7.99. The van der Waals surface area contributed by atoms with Gasteiger partial charge in [0.2, 0.25) is 0 Å². The summed E-state index contributed by atoms with van der Waals surface area (Å²) in [6, 6.07) is 4.29. The molecule has 24 heavy (non-hydrogen) atoms. The maximum absolute atomic E-state index is 13.5. The zero-order valence-electron chi connectivity index (χ0n) is 13.5. The van der Waals surface area contributed by atoms with E-state index in [1.165, 1.54) is 18.4 Å². The van der Waals surface area contributed by atoms with Gasteiger partial charge in [-0.2, -0.15) is 0 Å². The number of nitrogens with zero attached hydrogens (tertiary/aromatic N) is 1. The molecule has 8 heteroatoms. The van der Waals surface area contributed by atoms with Crippen LogP contribution in [0, 0.1) is 11.7 Å². The molecule has 0 unspecified atom stereocenters. The number of rotatable bonds is 3. The van der Waals surface area contributed by atoms with Gasteiger partial charge in [-0.25, -0.2) is 17.6 Å². The molecule has 0 spiro atoms. The Morgan fingerprint density at radius 2 is 2.21 bits per heavy atom. The minimum Gasteiger partial charge on any atom is -0.331 e. The summed E-state index contributed by atoms with van der Waals surface area (Å²) in [7, 11) is -3.03. The van der Waals surface area contributed by atoms with Gasteiger partial charge in [0, 0.05) is 30.0 Å². The van der Waals surface area contributed by atoms with Crippen LogP contribution in [0.15, 0.2) is 23.1 Å². The predicted octanol–water partition coefficient (Wildman–Crippen LogP) is 2.44. The Labute approximate surface area is 145 Å². The van der Waals surface area contributed by atoms with Gasteiger partial charge in [0.05, 0.1) is 11.8 Å². The highest BCUT2D eigenvalue weighted by atomic mass is 32.2. The highest BCUT2D eigenvalue weighted by Gasteiger charge is 2.31. The average Bonchev–Trinajstić information content (AvgIpc) is 2.94. The number of carbonyl (C=O) groups excluding carboxylic acids is 1. The summed E-state index contributed by atoms with van der Waals surface area (Å²) in [6.07, 6.45) is 2.68. The molecular formula is C16H21FN2O3S2. The van der Waals surface area contributed by atoms with Crippen molar-refractivity contribution in [2.45, 2.75) is 23.8 Å². The molecule has 0 bridgehead atoms. The molecule has 2 heterocycles. The van der Waals surface area contributed by atoms with Crippen molar-refractivity contribution >= 4 is 27.6 Å². The lowest BCUT2D eigenvalue weighted by Gasteiger charge is -2.28. The normalized spacial score (nSPS) is 23.8. The van der Waals surface area contributed by atoms with Gasteiger partial charge < -0.3 is 10.2 Å². The summed E-state index contributed by atoms with van der Waals surface area (Å²) in [5, 5.41) is 2.99. The van der Waals surface area contributed by atoms with Crippen LogP contribution in [0.1, 0.15) is 24.4 Å². The summed E-state index contributed by atoms with van der Waals surface area (Å²) < 4.78 is 36.3. The zero-order valence-corrected chi connectivity index (χ0v) is 15.1. The Bertz CT molecular complexity index is 739. The number of hydrogen-bond donors (Lipinski definition) is 1. The quantitative estimate of drug-likeness (QED) is 0.885. The second-order valence-electron chi connectivity index (χ2n) is 6.51. The molecule has 1 fully saturated rings. The molecule has 1 aromatic carbocycles. The number of halogens is 1. The van der Waals surface area contributed by atoms with E-state index in [9.17, 15) is 17.6 Å². The van der Waals surface area contributed by atoms with Crippen molar-refractivity contribution in [3.8, 4) is 0 Å². The monoisotopic (exact) mass is 372 g/mol. The third-order valence-electron chi connectivity index (χ3n) is 4.42. The predicted molar refractivity (Wildman–Crippen MR) is 92.4 cm³/mol. The van der Waals surface area contributed by atoms with E-state index in [1.807, 2.05) is 0 Å². The first-order valence-electron chi connectivity index (χ1n) is 7.97. The summed E-state index contributed by atoms with van der Waals surface area (Å²) >= 11 is 1.67. The van der Waals surface area contributed by atoms with Crippen LogP contribution in [-0.4, -0.2) is 50.2 Å². The van der Waals surface area contributed by atoms with Gasteiger partial charge in [0.1, 0.15) is 15.7 Å². The first-order valence-corrected chi connectivity index (χ1v) is 11.0. The van der Waals surface area contributed by atoms with Gasteiger partial charge in [-0.15, -0.1) is 11.8 Å². The second-order valence-corrected chi connectivity index (χ2v) is 9.84. The highest BCUT2D eigenvalue weighted by Crippen LogP contribution is 2.36. The maximum atomic E-state index is 13.5. The molecule has 3 rings (SSSR count). The van der Waals surface area contributed by atoms with E-state index >= 15 is 0 Å². The molecule has 2 aliphatic heterocycles. The fourth-order valence-electron chi connectivity index (χ4n) is 3.34. The second kappa shape index (κ2) is 6.92. The molecule has 2 aliphatic rings. The Morgan fingerprint density at radius 3 is 2.96 bits per heavy atom. The molecule has 2 atom stereocenters. The smallest absolute Gasteiger partial charge is 0.317 e. The van der Waals surface area contributed by atoms with E-state index < -0.39 is 9.84 Å². The largest absolute Gasteiger partial charge is 0.331 e. The Balaban J connectivity index is 1.63. The number of urea groups is 1. The molecule has 0 saturated carbocycles. The lowest BCUT2D eigenvalue weighted by atomic mass is 10.0. The van der Waals surface area contributed by atoms with Crippen LogP contribution in [0.4, 0.5) is 9.18 Å². The van der Waals surface area contributed by atoms with Gasteiger partial charge in [0.15, 0.2) is 0 Å². The minimum absolute atomic E-state index is 0.00241. The van der Waals surface area contributed by atoms with E-state index in [2.05, 4.69) is 5.32 Å². The summed E-state index contributed by atoms with van der Waals surface area (Å²) in [4.78, 5) is 15.2. The number of carbonyl (C=O) groups is 1. The number of hydrogen-bond acceptors (Lipinski definition) is 4. The fraction of sp³-hybridized carbons (Fsp3) is 0.562. The van der Waals surface area contributed by atoms with Crippen molar-refractivity contribution in [2.24, 2.45) is 5.92 Å². The van der Waals surface area contributed by atoms with Gasteiger partial charge >= 0.3 is 6.03 Å². The third-order valence-corrected chi connectivity index (χ3v) is 6.62. The van der Waals surface area contributed by atoms with Crippen molar-refractivity contribution in [3.05, 3.63) is 29.6 Å². The summed E-state index contributed by atoms with van der Waals surface area (Å²) in [5.74, 6) is 0.688. The molecule has 0 radical (unpaired) electrons. The standard InChI is InChI=1S/C16H21FN2O3S2/c1-24(21,22)10-11-4-6-19(9-11)16(20)18-14-5-7-23-15-3-2-12(17)8-13(14)15/h2-3,8,11,14H,4-7,9-10H2,1H3,(H,18,20)/t11-,14+/m0/s1. The number of benzene rings is 1. The number of amides is 2. The van der Waals surface area contributed by atoms with Crippen LogP contribution < -0.4 is 5.32 Å². The Hall–Kier alpha value is -1.28. The van der Waals surface area contributed by atoms with Gasteiger partial charge in [-0.3, -0.25) is 0 Å². The number of nitrogens with one attached hydrogen (secondary N) is 1. The van der Waals surface area contributed by atoms with Crippen molar-refractivity contribution in [1.29, 1.82) is 0 Å². The molecule has 132 valence electrons. The molecule has 1 saturated heterocycles. The fourth-order valence-corrected chi connectivity index (χ4v) is 5.57.